The summed E-state index contributed by atoms with van der Waals surface area (Å²) in [7, 11) is 0. The molecule has 2 atom stereocenters. The van der Waals surface area contributed by atoms with Crippen LogP contribution in [-0.2, 0) is 4.79 Å². The second-order valence-electron chi connectivity index (χ2n) is 11.0. The van der Waals surface area contributed by atoms with E-state index in [2.05, 4.69) is 31.1 Å². The van der Waals surface area contributed by atoms with Crippen LogP contribution < -0.4 is 10.2 Å². The maximum absolute atomic E-state index is 13.1. The van der Waals surface area contributed by atoms with Crippen LogP contribution in [0.15, 0.2) is 12.3 Å². The number of carbonyl (C=O) groups is 1. The predicted octanol–water partition coefficient (Wildman–Crippen LogP) is 4.30. The largest absolute Gasteiger partial charge is 0.356 e. The van der Waals surface area contributed by atoms with Gasteiger partial charge in [-0.15, -0.1) is 0 Å². The molecule has 3 saturated heterocycles. The number of anilines is 2. The van der Waals surface area contributed by atoms with Gasteiger partial charge >= 0.3 is 0 Å². The third kappa shape index (κ3) is 6.02. The molecule has 1 aliphatic carbocycles. The average molecular weight is 469 g/mol. The molecule has 0 radical (unpaired) electrons. The Hall–Kier alpha value is -1.89. The zero-order chi connectivity index (χ0) is 23.2. The van der Waals surface area contributed by atoms with Crippen LogP contribution >= 0.6 is 0 Å². The van der Waals surface area contributed by atoms with E-state index in [4.69, 9.17) is 4.98 Å². The van der Waals surface area contributed by atoms with Crippen molar-refractivity contribution in [3.05, 3.63) is 12.3 Å². The maximum atomic E-state index is 13.1. The number of rotatable bonds is 5. The molecular formula is C27H44N6O. The number of carbonyl (C=O) groups excluding carboxylic acids is 1. The molecule has 1 aromatic heterocycles. The van der Waals surface area contributed by atoms with Gasteiger partial charge in [-0.3, -0.25) is 9.69 Å². The molecule has 1 N–H and O–H groups in total. The van der Waals surface area contributed by atoms with Crippen LogP contribution in [0.2, 0.25) is 0 Å². The molecule has 3 aliphatic heterocycles. The van der Waals surface area contributed by atoms with Gasteiger partial charge in [0.05, 0.1) is 0 Å². The summed E-state index contributed by atoms with van der Waals surface area (Å²) in [4.78, 5) is 29.9. The van der Waals surface area contributed by atoms with Crippen molar-refractivity contribution in [2.45, 2.75) is 95.6 Å². The third-order valence-corrected chi connectivity index (χ3v) is 8.54. The highest BCUT2D eigenvalue weighted by atomic mass is 16.2. The molecule has 4 fully saturated rings. The summed E-state index contributed by atoms with van der Waals surface area (Å²) in [5.74, 6) is 2.56. The van der Waals surface area contributed by atoms with E-state index in [9.17, 15) is 4.79 Å². The van der Waals surface area contributed by atoms with Crippen LogP contribution in [0.5, 0.6) is 0 Å². The van der Waals surface area contributed by atoms with E-state index in [0.29, 0.717) is 18.0 Å². The predicted molar refractivity (Wildman–Crippen MR) is 137 cm³/mol. The lowest BCUT2D eigenvalue weighted by Gasteiger charge is -2.44. The van der Waals surface area contributed by atoms with Crippen molar-refractivity contribution in [3.63, 3.8) is 0 Å². The molecular weight excluding hydrogens is 424 g/mol. The van der Waals surface area contributed by atoms with Gasteiger partial charge in [-0.1, -0.05) is 32.1 Å². The number of nitrogens with one attached hydrogen (secondary N) is 1. The Morgan fingerprint density at radius 1 is 0.824 bits per heavy atom. The molecule has 0 bridgehead atoms. The molecule has 1 saturated carbocycles. The van der Waals surface area contributed by atoms with Crippen molar-refractivity contribution in [2.75, 3.05) is 49.5 Å². The Labute approximate surface area is 205 Å². The summed E-state index contributed by atoms with van der Waals surface area (Å²) < 4.78 is 0. The summed E-state index contributed by atoms with van der Waals surface area (Å²) in [6.07, 6.45) is 17.7. The van der Waals surface area contributed by atoms with Crippen LogP contribution in [0.4, 0.5) is 11.8 Å². The highest BCUT2D eigenvalue weighted by Crippen LogP contribution is 2.28. The lowest BCUT2D eigenvalue weighted by atomic mass is 9.87. The van der Waals surface area contributed by atoms with Crippen LogP contribution in [0.3, 0.4) is 0 Å². The van der Waals surface area contributed by atoms with Crippen molar-refractivity contribution in [3.8, 4) is 0 Å². The number of hydrogen-bond donors (Lipinski definition) is 1. The van der Waals surface area contributed by atoms with E-state index in [1.165, 1.54) is 57.8 Å². The number of hydrogen-bond acceptors (Lipinski definition) is 6. The van der Waals surface area contributed by atoms with Gasteiger partial charge in [-0.2, -0.15) is 4.98 Å². The maximum Gasteiger partial charge on any atom is 0.225 e. The van der Waals surface area contributed by atoms with E-state index < -0.39 is 0 Å². The Morgan fingerprint density at radius 2 is 1.59 bits per heavy atom. The van der Waals surface area contributed by atoms with Crippen LogP contribution in [-0.4, -0.2) is 77.0 Å². The summed E-state index contributed by atoms with van der Waals surface area (Å²) in [6.45, 7) is 6.24. The Kier molecular flexibility index (Phi) is 8.20. The summed E-state index contributed by atoms with van der Waals surface area (Å²) in [5.41, 5.74) is 0. The van der Waals surface area contributed by atoms with Gasteiger partial charge in [0, 0.05) is 56.9 Å². The van der Waals surface area contributed by atoms with Gasteiger partial charge < -0.3 is 15.1 Å². The Balaban J connectivity index is 1.16. The Morgan fingerprint density at radius 3 is 2.41 bits per heavy atom. The molecule has 1 aromatic rings. The van der Waals surface area contributed by atoms with Gasteiger partial charge in [0.25, 0.3) is 0 Å². The van der Waals surface area contributed by atoms with Gasteiger partial charge in [-0.25, -0.2) is 4.98 Å². The zero-order valence-corrected chi connectivity index (χ0v) is 21.0. The van der Waals surface area contributed by atoms with E-state index in [1.54, 1.807) is 0 Å². The molecule has 4 heterocycles. The topological polar surface area (TPSA) is 64.6 Å². The van der Waals surface area contributed by atoms with Crippen molar-refractivity contribution < 1.29 is 4.79 Å². The summed E-state index contributed by atoms with van der Waals surface area (Å²) in [6, 6.07) is 2.93. The second-order valence-corrected chi connectivity index (χ2v) is 11.0. The first-order chi connectivity index (χ1) is 16.8. The number of piperidine rings is 2. The number of nitrogens with zero attached hydrogens (tertiary/aromatic N) is 5. The molecule has 1 amide bonds. The highest BCUT2D eigenvalue weighted by molar-refractivity contribution is 5.79. The van der Waals surface area contributed by atoms with Crippen LogP contribution in [0.25, 0.3) is 0 Å². The molecule has 188 valence electrons. The Bertz CT molecular complexity index is 789. The molecule has 7 nitrogen and oxygen atoms in total. The standard InChI is InChI=1S/C27H44N6O/c34-26(22-10-4-3-5-11-22)33-19-9-13-24(21-33)32-18-8-12-23(20-32)29-27-28-15-14-25(30-27)31-16-6-1-2-7-17-31/h14-15,22-24H,1-13,16-21H2,(H,28,29,30). The smallest absolute Gasteiger partial charge is 0.225 e. The van der Waals surface area contributed by atoms with Gasteiger partial charge in [0.15, 0.2) is 0 Å². The number of aromatic nitrogens is 2. The fraction of sp³-hybridized carbons (Fsp3) is 0.815. The van der Waals surface area contributed by atoms with E-state index in [0.717, 1.165) is 76.7 Å². The summed E-state index contributed by atoms with van der Waals surface area (Å²) in [5, 5.41) is 3.66. The fourth-order valence-electron chi connectivity index (χ4n) is 6.59. The quantitative estimate of drug-likeness (QED) is 0.695. The van der Waals surface area contributed by atoms with E-state index in [1.807, 2.05) is 6.20 Å². The van der Waals surface area contributed by atoms with Crippen molar-refractivity contribution in [1.82, 2.24) is 19.8 Å². The van der Waals surface area contributed by atoms with Crippen molar-refractivity contribution in [2.24, 2.45) is 5.92 Å². The van der Waals surface area contributed by atoms with Crippen LogP contribution in [0.1, 0.15) is 83.5 Å². The normalized spacial score (nSPS) is 27.9. The second kappa shape index (κ2) is 11.7. The minimum Gasteiger partial charge on any atom is -0.356 e. The van der Waals surface area contributed by atoms with Crippen LogP contribution in [0, 0.1) is 5.92 Å². The monoisotopic (exact) mass is 468 g/mol. The summed E-state index contributed by atoms with van der Waals surface area (Å²) >= 11 is 0. The highest BCUT2D eigenvalue weighted by Gasteiger charge is 2.33. The first kappa shape index (κ1) is 23.8. The van der Waals surface area contributed by atoms with Gasteiger partial charge in [0.2, 0.25) is 11.9 Å². The van der Waals surface area contributed by atoms with E-state index >= 15 is 0 Å². The lowest BCUT2D eigenvalue weighted by Crippen LogP contribution is -2.55. The molecule has 4 aliphatic rings. The van der Waals surface area contributed by atoms with Crippen molar-refractivity contribution >= 4 is 17.7 Å². The SMILES string of the molecule is O=C(C1CCCCC1)N1CCCC(N2CCCC(Nc3nccc(N4CCCCCC4)n3)C2)C1. The molecule has 7 heteroatoms. The number of amides is 1. The molecule has 34 heavy (non-hydrogen) atoms. The molecule has 2 unspecified atom stereocenters. The van der Waals surface area contributed by atoms with Gasteiger partial charge in [-0.05, 0) is 64.0 Å². The minimum atomic E-state index is 0.289. The number of likely N-dealkylation sites (tertiary alicyclic amines) is 2. The first-order valence-corrected chi connectivity index (χ1v) is 14.1. The van der Waals surface area contributed by atoms with Crippen molar-refractivity contribution in [1.29, 1.82) is 0 Å². The lowest BCUT2D eigenvalue weighted by molar-refractivity contribution is -0.138. The first-order valence-electron chi connectivity index (χ1n) is 14.1. The molecule has 0 aromatic carbocycles. The molecule has 0 spiro atoms. The van der Waals surface area contributed by atoms with Gasteiger partial charge in [0.1, 0.15) is 5.82 Å². The fourth-order valence-corrected chi connectivity index (χ4v) is 6.59. The zero-order valence-electron chi connectivity index (χ0n) is 21.0. The third-order valence-electron chi connectivity index (χ3n) is 8.54. The molecule has 5 rings (SSSR count). The average Bonchev–Trinajstić information content (AvgIpc) is 3.19. The van der Waals surface area contributed by atoms with E-state index in [-0.39, 0.29) is 5.92 Å². The minimum absolute atomic E-state index is 0.289.